The Kier molecular flexibility index (Phi) is 4.77. The summed E-state index contributed by atoms with van der Waals surface area (Å²) in [5.74, 6) is 1.45. The van der Waals surface area contributed by atoms with E-state index in [-0.39, 0.29) is 11.9 Å². The number of carbonyl (C=O) groups excluding carboxylic acids is 1. The van der Waals surface area contributed by atoms with Gasteiger partial charge in [0.15, 0.2) is 0 Å². The Labute approximate surface area is 138 Å². The molecule has 0 bridgehead atoms. The van der Waals surface area contributed by atoms with Gasteiger partial charge in [-0.25, -0.2) is 9.97 Å². The van der Waals surface area contributed by atoms with E-state index in [1.54, 1.807) is 12.6 Å². The summed E-state index contributed by atoms with van der Waals surface area (Å²) < 4.78 is 0. The summed E-state index contributed by atoms with van der Waals surface area (Å²) in [6.07, 6.45) is 1.91. The third-order valence-electron chi connectivity index (χ3n) is 3.70. The van der Waals surface area contributed by atoms with Gasteiger partial charge >= 0.3 is 0 Å². The van der Waals surface area contributed by atoms with E-state index in [1.807, 2.05) is 17.9 Å². The van der Waals surface area contributed by atoms with Gasteiger partial charge in [0.1, 0.15) is 17.2 Å². The summed E-state index contributed by atoms with van der Waals surface area (Å²) in [6.45, 7) is 2.97. The molecule has 2 N–H and O–H groups in total. The zero-order chi connectivity index (χ0) is 16.2. The molecule has 2 aromatic heterocycles. The quantitative estimate of drug-likeness (QED) is 0.850. The summed E-state index contributed by atoms with van der Waals surface area (Å²) in [5.41, 5.74) is 2.53. The minimum absolute atomic E-state index is 0.00696. The van der Waals surface area contributed by atoms with E-state index in [9.17, 15) is 4.79 Å². The number of anilines is 2. The lowest BCUT2D eigenvalue weighted by atomic mass is 10.1. The second kappa shape index (κ2) is 6.97. The first-order chi connectivity index (χ1) is 11.2. The molecule has 9 heteroatoms. The van der Waals surface area contributed by atoms with Gasteiger partial charge in [-0.05, 0) is 26.8 Å². The highest BCUT2D eigenvalue weighted by molar-refractivity contribution is 7.13. The van der Waals surface area contributed by atoms with E-state index < -0.39 is 0 Å². The molecule has 1 amide bonds. The lowest BCUT2D eigenvalue weighted by Crippen LogP contribution is -2.37. The predicted octanol–water partition coefficient (Wildman–Crippen LogP) is 1.26. The molecule has 1 aliphatic heterocycles. The minimum Gasteiger partial charge on any atom is -0.333 e. The maximum absolute atomic E-state index is 12.2. The normalized spacial score (nSPS) is 17.5. The van der Waals surface area contributed by atoms with Gasteiger partial charge in [-0.15, -0.1) is 10.2 Å². The molecule has 0 aliphatic carbocycles. The fourth-order valence-corrected chi connectivity index (χ4v) is 3.24. The fourth-order valence-electron chi connectivity index (χ4n) is 2.79. The van der Waals surface area contributed by atoms with Gasteiger partial charge in [0.2, 0.25) is 11.0 Å². The summed E-state index contributed by atoms with van der Waals surface area (Å²) in [7, 11) is 1.78. The molecular formula is C14H19N7OS. The monoisotopic (exact) mass is 333 g/mol. The number of rotatable bonds is 5. The molecule has 0 saturated carbocycles. The molecule has 1 atom stereocenters. The topological polar surface area (TPSA) is 95.9 Å². The number of nitrogens with one attached hydrogen (secondary N) is 2. The van der Waals surface area contributed by atoms with Crippen molar-refractivity contribution in [3.63, 3.8) is 0 Å². The molecule has 8 nitrogen and oxygen atoms in total. The van der Waals surface area contributed by atoms with Crippen molar-refractivity contribution in [1.29, 1.82) is 0 Å². The molecule has 1 fully saturated rings. The van der Waals surface area contributed by atoms with E-state index in [0.29, 0.717) is 23.3 Å². The van der Waals surface area contributed by atoms with Crippen LogP contribution in [0.25, 0.3) is 0 Å². The molecule has 1 aliphatic rings. The Morgan fingerprint density at radius 1 is 1.48 bits per heavy atom. The lowest BCUT2D eigenvalue weighted by molar-refractivity contribution is -0.131. The molecule has 2 aromatic rings. The predicted molar refractivity (Wildman–Crippen MR) is 87.6 cm³/mol. The van der Waals surface area contributed by atoms with E-state index in [0.717, 1.165) is 25.1 Å². The van der Waals surface area contributed by atoms with Crippen LogP contribution in [0.5, 0.6) is 0 Å². The zero-order valence-corrected chi connectivity index (χ0v) is 13.9. The number of aromatic nitrogens is 4. The van der Waals surface area contributed by atoms with Crippen LogP contribution < -0.4 is 10.6 Å². The first-order valence-electron chi connectivity index (χ1n) is 7.50. The maximum Gasteiger partial charge on any atom is 0.237 e. The van der Waals surface area contributed by atoms with Crippen LogP contribution in [0.15, 0.2) is 11.6 Å². The Hall–Kier alpha value is -2.13. The van der Waals surface area contributed by atoms with Crippen molar-refractivity contribution in [2.75, 3.05) is 25.5 Å². The number of hydrogen-bond acceptors (Lipinski definition) is 8. The molecule has 122 valence electrons. The third kappa shape index (κ3) is 3.62. The van der Waals surface area contributed by atoms with Crippen molar-refractivity contribution in [2.45, 2.75) is 25.8 Å². The van der Waals surface area contributed by atoms with Gasteiger partial charge in [0, 0.05) is 12.6 Å². The van der Waals surface area contributed by atoms with Crippen molar-refractivity contribution in [1.82, 2.24) is 30.4 Å². The van der Waals surface area contributed by atoms with Crippen LogP contribution in [-0.2, 0) is 4.79 Å². The van der Waals surface area contributed by atoms with Crippen LogP contribution in [-0.4, -0.2) is 51.1 Å². The van der Waals surface area contributed by atoms with Crippen molar-refractivity contribution >= 4 is 28.2 Å². The van der Waals surface area contributed by atoms with Crippen LogP contribution >= 0.6 is 11.3 Å². The van der Waals surface area contributed by atoms with E-state index in [2.05, 4.69) is 30.8 Å². The summed E-state index contributed by atoms with van der Waals surface area (Å²) in [5, 5.41) is 14.5. The average molecular weight is 333 g/mol. The highest BCUT2D eigenvalue weighted by Gasteiger charge is 2.31. The Morgan fingerprint density at radius 3 is 3.09 bits per heavy atom. The molecule has 0 aromatic carbocycles. The highest BCUT2D eigenvalue weighted by Crippen LogP contribution is 2.32. The van der Waals surface area contributed by atoms with Crippen LogP contribution in [0.1, 0.15) is 30.4 Å². The second-order valence-corrected chi connectivity index (χ2v) is 6.20. The van der Waals surface area contributed by atoms with Crippen LogP contribution in [0.2, 0.25) is 0 Å². The molecule has 23 heavy (non-hydrogen) atoms. The van der Waals surface area contributed by atoms with E-state index in [4.69, 9.17) is 0 Å². The van der Waals surface area contributed by atoms with Gasteiger partial charge in [0.25, 0.3) is 0 Å². The number of likely N-dealkylation sites (N-methyl/N-ethyl adjacent to an activating group) is 1. The number of likely N-dealkylation sites (tertiary alicyclic amines) is 1. The molecule has 0 radical (unpaired) electrons. The SMILES string of the molecule is CNCC(=O)N1CCCC1c1cc(Nc2nncs2)nc(C)n1. The van der Waals surface area contributed by atoms with Crippen molar-refractivity contribution < 1.29 is 4.79 Å². The highest BCUT2D eigenvalue weighted by atomic mass is 32.1. The minimum atomic E-state index is 0.00696. The van der Waals surface area contributed by atoms with Crippen molar-refractivity contribution in [3.05, 3.63) is 23.1 Å². The van der Waals surface area contributed by atoms with Crippen LogP contribution in [0.4, 0.5) is 10.9 Å². The average Bonchev–Trinajstić information content (AvgIpc) is 3.17. The zero-order valence-electron chi connectivity index (χ0n) is 13.1. The molecule has 3 heterocycles. The summed E-state index contributed by atoms with van der Waals surface area (Å²) in [4.78, 5) is 23.1. The first-order valence-corrected chi connectivity index (χ1v) is 8.38. The largest absolute Gasteiger partial charge is 0.333 e. The molecule has 0 spiro atoms. The number of aryl methyl sites for hydroxylation is 1. The molecule has 1 saturated heterocycles. The molecular weight excluding hydrogens is 314 g/mol. The Bertz CT molecular complexity index is 676. The summed E-state index contributed by atoms with van der Waals surface area (Å²) >= 11 is 1.41. The standard InChI is InChI=1S/C14H19N7OS/c1-9-17-10(6-12(18-9)19-14-20-16-8-23-14)11-4-3-5-21(11)13(22)7-15-2/h6,8,11,15H,3-5,7H2,1-2H3,(H,17,18,19,20). The fraction of sp³-hybridized carbons (Fsp3) is 0.500. The van der Waals surface area contributed by atoms with Gasteiger partial charge in [0.05, 0.1) is 18.3 Å². The maximum atomic E-state index is 12.2. The third-order valence-corrected chi connectivity index (χ3v) is 4.30. The molecule has 1 unspecified atom stereocenters. The van der Waals surface area contributed by atoms with Crippen LogP contribution in [0.3, 0.4) is 0 Å². The molecule has 3 rings (SSSR count). The van der Waals surface area contributed by atoms with E-state index >= 15 is 0 Å². The Morgan fingerprint density at radius 2 is 2.35 bits per heavy atom. The summed E-state index contributed by atoms with van der Waals surface area (Å²) in [6, 6.07) is 1.90. The number of amides is 1. The number of nitrogens with zero attached hydrogens (tertiary/aromatic N) is 5. The van der Waals surface area contributed by atoms with Gasteiger partial charge in [-0.3, -0.25) is 4.79 Å². The smallest absolute Gasteiger partial charge is 0.237 e. The van der Waals surface area contributed by atoms with Crippen molar-refractivity contribution in [2.24, 2.45) is 0 Å². The number of carbonyl (C=O) groups is 1. The number of hydrogen-bond donors (Lipinski definition) is 2. The Balaban J connectivity index is 1.84. The second-order valence-electron chi connectivity index (χ2n) is 5.37. The van der Waals surface area contributed by atoms with Crippen LogP contribution in [0, 0.1) is 6.92 Å². The van der Waals surface area contributed by atoms with Gasteiger partial charge < -0.3 is 15.5 Å². The van der Waals surface area contributed by atoms with Gasteiger partial charge in [-0.2, -0.15) is 0 Å². The van der Waals surface area contributed by atoms with E-state index in [1.165, 1.54) is 11.3 Å². The lowest BCUT2D eigenvalue weighted by Gasteiger charge is -2.24. The first kappa shape index (κ1) is 15.8. The van der Waals surface area contributed by atoms with Crippen molar-refractivity contribution in [3.8, 4) is 0 Å². The van der Waals surface area contributed by atoms with Gasteiger partial charge in [-0.1, -0.05) is 11.3 Å².